The van der Waals surface area contributed by atoms with Gasteiger partial charge in [-0.05, 0) is 72.6 Å². The van der Waals surface area contributed by atoms with Gasteiger partial charge in [0, 0.05) is 0 Å². The first-order valence-electron chi connectivity index (χ1n) is 9.96. The molecule has 4 rings (SSSR count). The van der Waals surface area contributed by atoms with Gasteiger partial charge in [-0.2, -0.15) is 0 Å². The van der Waals surface area contributed by atoms with Crippen molar-refractivity contribution in [2.24, 2.45) is 0 Å². The van der Waals surface area contributed by atoms with E-state index in [4.69, 9.17) is 0 Å². The summed E-state index contributed by atoms with van der Waals surface area (Å²) in [6.45, 7) is 1.89. The van der Waals surface area contributed by atoms with Crippen LogP contribution < -0.4 is 4.72 Å². The zero-order valence-corrected chi connectivity index (χ0v) is 19.2. The Morgan fingerprint density at radius 3 is 1.64 bits per heavy atom. The minimum absolute atomic E-state index is 0.0223. The average Bonchev–Trinajstić information content (AvgIpc) is 2.79. The SMILES string of the molecule is Cc1ccc(S(=O)(=O)c2ccc(-c3ccc(S(=O)(=O)Nc4cccc(F)c4)cc3)cc2)cc1. The van der Waals surface area contributed by atoms with Gasteiger partial charge in [-0.3, -0.25) is 4.72 Å². The molecule has 0 amide bonds. The van der Waals surface area contributed by atoms with E-state index >= 15 is 0 Å². The summed E-state index contributed by atoms with van der Waals surface area (Å²) in [4.78, 5) is 0.420. The molecule has 0 saturated heterocycles. The molecule has 8 heteroatoms. The Kier molecular flexibility index (Phi) is 6.05. The molecular formula is C25H20FNO4S2. The molecule has 4 aromatic rings. The monoisotopic (exact) mass is 481 g/mol. The van der Waals surface area contributed by atoms with Gasteiger partial charge in [-0.25, -0.2) is 21.2 Å². The number of halogens is 1. The van der Waals surface area contributed by atoms with Crippen molar-refractivity contribution in [1.82, 2.24) is 0 Å². The van der Waals surface area contributed by atoms with Gasteiger partial charge in [0.1, 0.15) is 5.82 Å². The van der Waals surface area contributed by atoms with Crippen molar-refractivity contribution in [3.05, 3.63) is 108 Å². The van der Waals surface area contributed by atoms with Crippen LogP contribution in [0.5, 0.6) is 0 Å². The number of nitrogens with one attached hydrogen (secondary N) is 1. The van der Waals surface area contributed by atoms with Crippen molar-refractivity contribution in [3.63, 3.8) is 0 Å². The smallest absolute Gasteiger partial charge is 0.261 e. The van der Waals surface area contributed by atoms with E-state index in [2.05, 4.69) is 4.72 Å². The Bertz CT molecular complexity index is 1500. The lowest BCUT2D eigenvalue weighted by molar-refractivity contribution is 0.595. The fourth-order valence-electron chi connectivity index (χ4n) is 3.27. The van der Waals surface area contributed by atoms with E-state index in [9.17, 15) is 21.2 Å². The maximum atomic E-state index is 13.3. The number of sulfone groups is 1. The number of benzene rings is 4. The summed E-state index contributed by atoms with van der Waals surface area (Å²) in [5, 5.41) is 0. The van der Waals surface area contributed by atoms with Gasteiger partial charge in [-0.15, -0.1) is 0 Å². The normalized spacial score (nSPS) is 11.8. The Labute approximate surface area is 192 Å². The molecule has 4 aromatic carbocycles. The second-order valence-electron chi connectivity index (χ2n) is 7.48. The molecule has 0 atom stereocenters. The van der Waals surface area contributed by atoms with Gasteiger partial charge >= 0.3 is 0 Å². The van der Waals surface area contributed by atoms with Crippen molar-refractivity contribution >= 4 is 25.5 Å². The fraction of sp³-hybridized carbons (Fsp3) is 0.0400. The predicted molar refractivity (Wildman–Crippen MR) is 126 cm³/mol. The molecule has 168 valence electrons. The highest BCUT2D eigenvalue weighted by Crippen LogP contribution is 2.27. The van der Waals surface area contributed by atoms with Crippen LogP contribution in [0.1, 0.15) is 5.56 Å². The highest BCUT2D eigenvalue weighted by Gasteiger charge is 2.18. The third-order valence-electron chi connectivity index (χ3n) is 5.07. The molecule has 0 saturated carbocycles. The molecule has 0 aliphatic carbocycles. The lowest BCUT2D eigenvalue weighted by atomic mass is 10.1. The highest BCUT2D eigenvalue weighted by molar-refractivity contribution is 7.92. The first kappa shape index (κ1) is 22.7. The quantitative estimate of drug-likeness (QED) is 0.398. The molecule has 0 unspecified atom stereocenters. The predicted octanol–water partition coefficient (Wildman–Crippen LogP) is 5.43. The summed E-state index contributed by atoms with van der Waals surface area (Å²) >= 11 is 0. The molecule has 0 bridgehead atoms. The maximum absolute atomic E-state index is 13.3. The summed E-state index contributed by atoms with van der Waals surface area (Å²) in [5.41, 5.74) is 2.56. The Morgan fingerprint density at radius 1 is 0.636 bits per heavy atom. The lowest BCUT2D eigenvalue weighted by Gasteiger charge is -2.10. The van der Waals surface area contributed by atoms with Crippen LogP contribution in [0.4, 0.5) is 10.1 Å². The third-order valence-corrected chi connectivity index (χ3v) is 8.25. The van der Waals surface area contributed by atoms with Crippen LogP contribution in [-0.2, 0) is 19.9 Å². The van der Waals surface area contributed by atoms with E-state index in [1.165, 1.54) is 42.5 Å². The number of hydrogen-bond acceptors (Lipinski definition) is 4. The van der Waals surface area contributed by atoms with Crippen molar-refractivity contribution in [2.75, 3.05) is 4.72 Å². The summed E-state index contributed by atoms with van der Waals surface area (Å²) in [7, 11) is -7.51. The number of sulfonamides is 1. The van der Waals surface area contributed by atoms with E-state index in [0.717, 1.165) is 22.8 Å². The van der Waals surface area contributed by atoms with Crippen molar-refractivity contribution in [2.45, 2.75) is 21.6 Å². The minimum atomic E-state index is -3.88. The largest absolute Gasteiger partial charge is 0.280 e. The van der Waals surface area contributed by atoms with Crippen LogP contribution in [0.2, 0.25) is 0 Å². The van der Waals surface area contributed by atoms with E-state index in [1.807, 2.05) is 6.92 Å². The summed E-state index contributed by atoms with van der Waals surface area (Å²) in [6, 6.07) is 24.4. The molecule has 0 fully saturated rings. The number of rotatable bonds is 6. The van der Waals surface area contributed by atoms with Gasteiger partial charge in [-0.1, -0.05) is 48.0 Å². The van der Waals surface area contributed by atoms with Gasteiger partial charge in [0.2, 0.25) is 9.84 Å². The molecule has 0 aromatic heterocycles. The van der Waals surface area contributed by atoms with Crippen molar-refractivity contribution < 1.29 is 21.2 Å². The van der Waals surface area contributed by atoms with Crippen LogP contribution in [0.15, 0.2) is 112 Å². The zero-order chi connectivity index (χ0) is 23.6. The van der Waals surface area contributed by atoms with Crippen LogP contribution in [0.3, 0.4) is 0 Å². The Hall–Kier alpha value is -3.49. The van der Waals surface area contributed by atoms with E-state index in [1.54, 1.807) is 48.5 Å². The van der Waals surface area contributed by atoms with Gasteiger partial charge in [0.05, 0.1) is 20.4 Å². The summed E-state index contributed by atoms with van der Waals surface area (Å²) in [5.74, 6) is -0.543. The van der Waals surface area contributed by atoms with Crippen LogP contribution in [-0.4, -0.2) is 16.8 Å². The van der Waals surface area contributed by atoms with Crippen molar-refractivity contribution in [1.29, 1.82) is 0 Å². The number of hydrogen-bond donors (Lipinski definition) is 1. The average molecular weight is 482 g/mol. The van der Waals surface area contributed by atoms with E-state index < -0.39 is 25.7 Å². The van der Waals surface area contributed by atoms with Crippen LogP contribution in [0, 0.1) is 12.7 Å². The second-order valence-corrected chi connectivity index (χ2v) is 11.1. The first-order valence-corrected chi connectivity index (χ1v) is 12.9. The van der Waals surface area contributed by atoms with E-state index in [-0.39, 0.29) is 20.4 Å². The maximum Gasteiger partial charge on any atom is 0.261 e. The second kappa shape index (κ2) is 8.80. The Morgan fingerprint density at radius 2 is 1.12 bits per heavy atom. The highest BCUT2D eigenvalue weighted by atomic mass is 32.2. The van der Waals surface area contributed by atoms with Crippen LogP contribution in [0.25, 0.3) is 11.1 Å². The molecule has 5 nitrogen and oxygen atoms in total. The molecule has 1 N–H and O–H groups in total. The molecule has 0 spiro atoms. The molecule has 0 aliphatic heterocycles. The Balaban J connectivity index is 1.55. The molecular weight excluding hydrogens is 461 g/mol. The molecule has 0 aliphatic rings. The first-order chi connectivity index (χ1) is 15.6. The molecule has 0 radical (unpaired) electrons. The van der Waals surface area contributed by atoms with E-state index in [0.29, 0.717) is 0 Å². The standard InChI is InChI=1S/C25H20FNO4S2/c1-18-5-11-23(12-6-18)32(28,29)24-13-7-19(8-14-24)20-9-15-25(16-10-20)33(30,31)27-22-4-2-3-21(26)17-22/h2-17,27H,1H3. The minimum Gasteiger partial charge on any atom is -0.280 e. The number of aryl methyl sites for hydroxylation is 1. The topological polar surface area (TPSA) is 80.3 Å². The lowest BCUT2D eigenvalue weighted by Crippen LogP contribution is -2.12. The molecule has 33 heavy (non-hydrogen) atoms. The summed E-state index contributed by atoms with van der Waals surface area (Å²) < 4.78 is 66.5. The fourth-order valence-corrected chi connectivity index (χ4v) is 5.58. The van der Waals surface area contributed by atoms with Crippen molar-refractivity contribution in [3.8, 4) is 11.1 Å². The summed E-state index contributed by atoms with van der Waals surface area (Å²) in [6.07, 6.45) is 0. The third kappa shape index (κ3) is 4.97. The van der Waals surface area contributed by atoms with Crippen LogP contribution >= 0.6 is 0 Å². The van der Waals surface area contributed by atoms with Gasteiger partial charge in [0.25, 0.3) is 10.0 Å². The number of anilines is 1. The van der Waals surface area contributed by atoms with Gasteiger partial charge in [0.15, 0.2) is 0 Å². The molecule has 0 heterocycles. The van der Waals surface area contributed by atoms with Gasteiger partial charge < -0.3 is 0 Å². The zero-order valence-electron chi connectivity index (χ0n) is 17.6.